The summed E-state index contributed by atoms with van der Waals surface area (Å²) in [6, 6.07) is 0.634. The van der Waals surface area contributed by atoms with Gasteiger partial charge in [-0.2, -0.15) is 11.8 Å². The zero-order chi connectivity index (χ0) is 11.5. The molecule has 0 aliphatic rings. The van der Waals surface area contributed by atoms with Crippen molar-refractivity contribution in [3.8, 4) is 0 Å². The van der Waals surface area contributed by atoms with Crippen LogP contribution in [0.2, 0.25) is 0 Å². The van der Waals surface area contributed by atoms with Gasteiger partial charge in [-0.3, -0.25) is 0 Å². The first-order chi connectivity index (χ1) is 7.16. The van der Waals surface area contributed by atoms with Gasteiger partial charge >= 0.3 is 0 Å². The summed E-state index contributed by atoms with van der Waals surface area (Å²) in [5.74, 6) is 1.26. The lowest BCUT2D eigenvalue weighted by atomic mass is 10.2. The second kappa shape index (κ2) is 10.8. The first-order valence-corrected chi connectivity index (χ1v) is 7.47. The average Bonchev–Trinajstić information content (AvgIpc) is 2.19. The Balaban J connectivity index is 3.09. The molecule has 0 saturated heterocycles. The minimum Gasteiger partial charge on any atom is -0.315 e. The van der Waals surface area contributed by atoms with Gasteiger partial charge in [-0.15, -0.1) is 0 Å². The first kappa shape index (κ1) is 15.3. The van der Waals surface area contributed by atoms with E-state index in [0.29, 0.717) is 6.04 Å². The van der Waals surface area contributed by atoms with Crippen LogP contribution >= 0.6 is 11.8 Å². The van der Waals surface area contributed by atoms with E-state index in [1.54, 1.807) is 0 Å². The normalized spacial score (nSPS) is 11.6. The molecule has 0 aliphatic carbocycles. The number of hydrogen-bond acceptors (Lipinski definition) is 3. The monoisotopic (exact) mass is 232 g/mol. The molecule has 0 saturated carbocycles. The summed E-state index contributed by atoms with van der Waals surface area (Å²) in [6.45, 7) is 8.06. The van der Waals surface area contributed by atoms with Crippen LogP contribution in [-0.4, -0.2) is 49.6 Å². The first-order valence-electron chi connectivity index (χ1n) is 6.07. The molecule has 1 N–H and O–H groups in total. The Hall–Kier alpha value is 0.270. The minimum absolute atomic E-state index is 0.634. The minimum atomic E-state index is 0.634. The molecule has 0 aromatic rings. The van der Waals surface area contributed by atoms with E-state index in [9.17, 15) is 0 Å². The molecule has 0 radical (unpaired) electrons. The molecule has 92 valence electrons. The van der Waals surface area contributed by atoms with Crippen molar-refractivity contribution < 1.29 is 0 Å². The van der Waals surface area contributed by atoms with E-state index < -0.39 is 0 Å². The van der Waals surface area contributed by atoms with Crippen LogP contribution < -0.4 is 5.32 Å². The molecule has 0 rings (SSSR count). The highest BCUT2D eigenvalue weighted by atomic mass is 32.2. The largest absolute Gasteiger partial charge is 0.315 e. The fourth-order valence-corrected chi connectivity index (χ4v) is 1.93. The third-order valence-corrected chi connectivity index (χ3v) is 3.04. The van der Waals surface area contributed by atoms with Crippen molar-refractivity contribution in [3.63, 3.8) is 0 Å². The Labute approximate surface area is 100 Å². The summed E-state index contributed by atoms with van der Waals surface area (Å²) < 4.78 is 0. The van der Waals surface area contributed by atoms with Gasteiger partial charge in [0.25, 0.3) is 0 Å². The van der Waals surface area contributed by atoms with Gasteiger partial charge in [-0.1, -0.05) is 20.3 Å². The molecule has 0 aromatic heterocycles. The number of hydrogen-bond donors (Lipinski definition) is 1. The topological polar surface area (TPSA) is 15.3 Å². The van der Waals surface area contributed by atoms with E-state index >= 15 is 0 Å². The Kier molecular flexibility index (Phi) is 11.0. The maximum Gasteiger partial charge on any atom is 0.00692 e. The van der Waals surface area contributed by atoms with Crippen LogP contribution in [0.4, 0.5) is 0 Å². The van der Waals surface area contributed by atoms with Crippen molar-refractivity contribution in [2.75, 3.05) is 38.7 Å². The third kappa shape index (κ3) is 12.2. The summed E-state index contributed by atoms with van der Waals surface area (Å²) in [4.78, 5) is 2.44. The van der Waals surface area contributed by atoms with Crippen molar-refractivity contribution in [1.29, 1.82) is 0 Å². The predicted molar refractivity (Wildman–Crippen MR) is 72.9 cm³/mol. The molecule has 0 atom stereocenters. The lowest BCUT2D eigenvalue weighted by molar-refractivity contribution is 0.343. The molecule has 15 heavy (non-hydrogen) atoms. The number of unbranched alkanes of at least 4 members (excludes halogenated alkanes) is 2. The van der Waals surface area contributed by atoms with Crippen LogP contribution in [0.5, 0.6) is 0 Å². The van der Waals surface area contributed by atoms with Crippen LogP contribution in [0.1, 0.15) is 33.1 Å². The summed E-state index contributed by atoms with van der Waals surface area (Å²) >= 11 is 1.93. The second-order valence-corrected chi connectivity index (χ2v) is 5.45. The Morgan fingerprint density at radius 3 is 2.47 bits per heavy atom. The zero-order valence-corrected chi connectivity index (χ0v) is 11.7. The van der Waals surface area contributed by atoms with Crippen molar-refractivity contribution in [2.45, 2.75) is 39.2 Å². The number of nitrogens with one attached hydrogen (secondary N) is 1. The lowest BCUT2D eigenvalue weighted by Crippen LogP contribution is -2.24. The molecule has 3 heteroatoms. The van der Waals surface area contributed by atoms with Gasteiger partial charge in [0.15, 0.2) is 0 Å². The van der Waals surface area contributed by atoms with Crippen LogP contribution in [0.3, 0.4) is 0 Å². The highest BCUT2D eigenvalue weighted by Gasteiger charge is 1.97. The van der Waals surface area contributed by atoms with Crippen LogP contribution in [0.15, 0.2) is 0 Å². The fraction of sp³-hybridized carbons (Fsp3) is 1.00. The number of nitrogens with zero attached hydrogens (tertiary/aromatic N) is 1. The van der Waals surface area contributed by atoms with Gasteiger partial charge in [-0.05, 0) is 39.2 Å². The van der Waals surface area contributed by atoms with Gasteiger partial charge in [-0.25, -0.2) is 0 Å². The van der Waals surface area contributed by atoms with E-state index in [1.165, 1.54) is 44.6 Å². The predicted octanol–water partition coefficient (Wildman–Crippen LogP) is 2.45. The van der Waals surface area contributed by atoms with Gasteiger partial charge in [0, 0.05) is 18.3 Å². The summed E-state index contributed by atoms with van der Waals surface area (Å²) in [5, 5.41) is 3.45. The molecule has 0 amide bonds. The Bertz CT molecular complexity index is 129. The smallest absolute Gasteiger partial charge is 0.00692 e. The van der Waals surface area contributed by atoms with Crippen molar-refractivity contribution >= 4 is 11.8 Å². The summed E-state index contributed by atoms with van der Waals surface area (Å²) in [5.41, 5.74) is 0. The molecule has 0 aliphatic heterocycles. The maximum atomic E-state index is 3.45. The van der Waals surface area contributed by atoms with E-state index in [4.69, 9.17) is 0 Å². The molecule has 2 nitrogen and oxygen atoms in total. The molecular formula is C12H28N2S. The van der Waals surface area contributed by atoms with Gasteiger partial charge in [0.2, 0.25) is 0 Å². The highest BCUT2D eigenvalue weighted by molar-refractivity contribution is 7.98. The highest BCUT2D eigenvalue weighted by Crippen LogP contribution is 1.99. The van der Waals surface area contributed by atoms with Crippen LogP contribution in [0, 0.1) is 0 Å². The molecule has 0 spiro atoms. The molecule has 0 unspecified atom stereocenters. The SMILES string of the molecule is CSCCN(C)CCCCCNC(C)C. The Morgan fingerprint density at radius 1 is 1.13 bits per heavy atom. The van der Waals surface area contributed by atoms with E-state index in [1.807, 2.05) is 11.8 Å². The quantitative estimate of drug-likeness (QED) is 0.583. The van der Waals surface area contributed by atoms with Crippen LogP contribution in [0.25, 0.3) is 0 Å². The maximum absolute atomic E-state index is 3.45. The van der Waals surface area contributed by atoms with Gasteiger partial charge in [0.05, 0.1) is 0 Å². The third-order valence-electron chi connectivity index (χ3n) is 2.45. The average molecular weight is 232 g/mol. The number of thioether (sulfide) groups is 1. The summed E-state index contributed by atoms with van der Waals surface area (Å²) in [7, 11) is 2.22. The van der Waals surface area contributed by atoms with Gasteiger partial charge < -0.3 is 10.2 Å². The van der Waals surface area contributed by atoms with Crippen molar-refractivity contribution in [1.82, 2.24) is 10.2 Å². The molecule has 0 heterocycles. The molecular weight excluding hydrogens is 204 g/mol. The van der Waals surface area contributed by atoms with Crippen LogP contribution in [-0.2, 0) is 0 Å². The molecule has 0 fully saturated rings. The Morgan fingerprint density at radius 2 is 1.87 bits per heavy atom. The molecule has 0 bridgehead atoms. The summed E-state index contributed by atoms with van der Waals surface area (Å²) in [6.07, 6.45) is 6.17. The number of rotatable bonds is 10. The lowest BCUT2D eigenvalue weighted by Gasteiger charge is -2.15. The molecule has 0 aromatic carbocycles. The van der Waals surface area contributed by atoms with Crippen molar-refractivity contribution in [2.24, 2.45) is 0 Å². The van der Waals surface area contributed by atoms with Gasteiger partial charge in [0.1, 0.15) is 0 Å². The fourth-order valence-electron chi connectivity index (χ4n) is 1.43. The van der Waals surface area contributed by atoms with E-state index in [2.05, 4.69) is 37.4 Å². The zero-order valence-electron chi connectivity index (χ0n) is 10.9. The van der Waals surface area contributed by atoms with E-state index in [0.717, 1.165) is 0 Å². The van der Waals surface area contributed by atoms with Crippen molar-refractivity contribution in [3.05, 3.63) is 0 Å². The second-order valence-electron chi connectivity index (χ2n) is 4.47. The standard InChI is InChI=1S/C12H28N2S/c1-12(2)13-8-6-5-7-9-14(3)10-11-15-4/h12-13H,5-11H2,1-4H3. The van der Waals surface area contributed by atoms with E-state index in [-0.39, 0.29) is 0 Å².